The van der Waals surface area contributed by atoms with E-state index >= 15 is 0 Å². The SMILES string of the molecule is CCCCOc1nc(N)c2[nH]c(=O)n(Cc3ccc(CN4CCC(CCNC(=O)c5cnc(N)cn5)CC4)cc3)c2n1. The molecule has 1 aromatic carbocycles. The fourth-order valence-corrected chi connectivity index (χ4v) is 5.11. The van der Waals surface area contributed by atoms with Crippen molar-refractivity contribution in [3.63, 3.8) is 0 Å². The van der Waals surface area contributed by atoms with Gasteiger partial charge >= 0.3 is 11.7 Å². The van der Waals surface area contributed by atoms with Gasteiger partial charge in [0.05, 0.1) is 25.5 Å². The summed E-state index contributed by atoms with van der Waals surface area (Å²) in [7, 11) is 0. The number of rotatable bonds is 12. The van der Waals surface area contributed by atoms with Crippen LogP contribution >= 0.6 is 0 Å². The van der Waals surface area contributed by atoms with Crippen molar-refractivity contribution < 1.29 is 9.53 Å². The molecule has 0 unspecified atom stereocenters. The van der Waals surface area contributed by atoms with E-state index in [0.29, 0.717) is 42.6 Å². The van der Waals surface area contributed by atoms with E-state index in [0.717, 1.165) is 57.3 Å². The smallest absolute Gasteiger partial charge is 0.328 e. The van der Waals surface area contributed by atoms with Crippen LogP contribution in [0.4, 0.5) is 11.6 Å². The Kier molecular flexibility index (Phi) is 9.27. The van der Waals surface area contributed by atoms with Crippen LogP contribution in [0, 0.1) is 5.92 Å². The van der Waals surface area contributed by atoms with E-state index in [4.69, 9.17) is 16.2 Å². The third kappa shape index (κ3) is 7.21. The largest absolute Gasteiger partial charge is 0.463 e. The topological polar surface area (TPSA) is 183 Å². The number of likely N-dealkylation sites (tertiary alicyclic amines) is 1. The Hall–Kier alpha value is -4.52. The Morgan fingerprint density at radius 2 is 1.81 bits per heavy atom. The highest BCUT2D eigenvalue weighted by atomic mass is 16.5. The van der Waals surface area contributed by atoms with Gasteiger partial charge in [0, 0.05) is 13.1 Å². The number of ether oxygens (including phenoxy) is 1. The fourth-order valence-electron chi connectivity index (χ4n) is 5.11. The number of fused-ring (bicyclic) bond motifs is 1. The molecule has 3 aromatic heterocycles. The molecule has 1 fully saturated rings. The first-order chi connectivity index (χ1) is 20.4. The fraction of sp³-hybridized carbons (Fsp3) is 0.448. The molecule has 1 saturated heterocycles. The number of hydrogen-bond acceptors (Lipinski definition) is 10. The number of nitrogen functional groups attached to an aromatic ring is 2. The summed E-state index contributed by atoms with van der Waals surface area (Å²) in [5.41, 5.74) is 14.6. The van der Waals surface area contributed by atoms with Crippen LogP contribution in [0.15, 0.2) is 41.5 Å². The maximum absolute atomic E-state index is 12.7. The Balaban J connectivity index is 1.10. The third-order valence-electron chi connectivity index (χ3n) is 7.58. The molecular weight excluding hydrogens is 536 g/mol. The van der Waals surface area contributed by atoms with Crippen molar-refractivity contribution >= 4 is 28.7 Å². The van der Waals surface area contributed by atoms with Crippen molar-refractivity contribution in [2.45, 2.75) is 52.1 Å². The lowest BCUT2D eigenvalue weighted by atomic mass is 9.93. The van der Waals surface area contributed by atoms with Crippen LogP contribution in [-0.2, 0) is 13.1 Å². The van der Waals surface area contributed by atoms with Crippen LogP contribution in [0.1, 0.15) is 60.6 Å². The van der Waals surface area contributed by atoms with E-state index in [9.17, 15) is 9.59 Å². The number of H-pyrrole nitrogens is 1. The van der Waals surface area contributed by atoms with Gasteiger partial charge < -0.3 is 26.5 Å². The number of carbonyl (C=O) groups excluding carboxylic acids is 1. The normalized spacial score (nSPS) is 14.3. The third-order valence-corrected chi connectivity index (χ3v) is 7.58. The zero-order chi connectivity index (χ0) is 29.5. The minimum Gasteiger partial charge on any atom is -0.463 e. The molecule has 0 aliphatic carbocycles. The number of nitrogens with two attached hydrogens (primary N) is 2. The average Bonchev–Trinajstić information content (AvgIpc) is 3.30. The molecule has 222 valence electrons. The second-order valence-corrected chi connectivity index (χ2v) is 10.7. The van der Waals surface area contributed by atoms with Crippen LogP contribution in [0.2, 0.25) is 0 Å². The number of amides is 1. The van der Waals surface area contributed by atoms with Crippen molar-refractivity contribution in [1.82, 2.24) is 39.7 Å². The molecule has 13 heteroatoms. The lowest BCUT2D eigenvalue weighted by Gasteiger charge is -2.32. The summed E-state index contributed by atoms with van der Waals surface area (Å²) in [6, 6.07) is 8.49. The van der Waals surface area contributed by atoms with Gasteiger partial charge in [-0.15, -0.1) is 0 Å². The van der Waals surface area contributed by atoms with E-state index in [1.807, 2.05) is 12.1 Å². The van der Waals surface area contributed by atoms with Crippen LogP contribution < -0.4 is 27.2 Å². The highest BCUT2D eigenvalue weighted by Crippen LogP contribution is 2.22. The first-order valence-corrected chi connectivity index (χ1v) is 14.4. The van der Waals surface area contributed by atoms with E-state index in [-0.39, 0.29) is 29.1 Å². The molecule has 1 aliphatic heterocycles. The van der Waals surface area contributed by atoms with E-state index in [2.05, 4.69) is 54.2 Å². The molecule has 5 rings (SSSR count). The number of imidazole rings is 1. The molecule has 0 spiro atoms. The second-order valence-electron chi connectivity index (χ2n) is 10.7. The van der Waals surface area contributed by atoms with Gasteiger partial charge in [-0.1, -0.05) is 37.6 Å². The number of aromatic amines is 1. The Morgan fingerprint density at radius 1 is 1.07 bits per heavy atom. The lowest BCUT2D eigenvalue weighted by molar-refractivity contribution is 0.0942. The minimum absolute atomic E-state index is 0.179. The average molecular weight is 575 g/mol. The van der Waals surface area contributed by atoms with Crippen LogP contribution in [0.5, 0.6) is 6.01 Å². The summed E-state index contributed by atoms with van der Waals surface area (Å²) in [5.74, 6) is 0.836. The van der Waals surface area contributed by atoms with E-state index < -0.39 is 0 Å². The maximum atomic E-state index is 12.7. The van der Waals surface area contributed by atoms with Gasteiger partial charge in [-0.25, -0.2) is 14.8 Å². The molecule has 4 aromatic rings. The number of benzene rings is 1. The van der Waals surface area contributed by atoms with Crippen LogP contribution in [-0.4, -0.2) is 66.5 Å². The lowest BCUT2D eigenvalue weighted by Crippen LogP contribution is -2.35. The molecule has 6 N–H and O–H groups in total. The van der Waals surface area contributed by atoms with Gasteiger partial charge in [0.15, 0.2) is 11.5 Å². The van der Waals surface area contributed by atoms with E-state index in [1.54, 1.807) is 4.57 Å². The molecule has 0 atom stereocenters. The van der Waals surface area contributed by atoms with Crippen molar-refractivity contribution in [3.8, 4) is 6.01 Å². The molecular formula is C29H38N10O3. The minimum atomic E-state index is -0.290. The van der Waals surface area contributed by atoms with Crippen LogP contribution in [0.25, 0.3) is 11.2 Å². The summed E-state index contributed by atoms with van der Waals surface area (Å²) in [5, 5.41) is 2.93. The molecule has 4 heterocycles. The molecule has 42 heavy (non-hydrogen) atoms. The highest BCUT2D eigenvalue weighted by molar-refractivity contribution is 5.91. The first kappa shape index (κ1) is 29.0. The Morgan fingerprint density at radius 3 is 2.50 bits per heavy atom. The van der Waals surface area contributed by atoms with Crippen LogP contribution in [0.3, 0.4) is 0 Å². The number of unbranched alkanes of at least 4 members (excludes halogenated alkanes) is 1. The van der Waals surface area contributed by atoms with E-state index in [1.165, 1.54) is 18.0 Å². The molecule has 0 saturated carbocycles. The number of hydrogen-bond donors (Lipinski definition) is 4. The monoisotopic (exact) mass is 574 g/mol. The maximum Gasteiger partial charge on any atom is 0.328 e. The number of anilines is 2. The zero-order valence-corrected chi connectivity index (χ0v) is 23.9. The molecule has 0 bridgehead atoms. The molecule has 1 amide bonds. The predicted molar refractivity (Wildman–Crippen MR) is 160 cm³/mol. The Bertz CT molecular complexity index is 1540. The number of carbonyl (C=O) groups is 1. The van der Waals surface area contributed by atoms with Gasteiger partial charge in [-0.3, -0.25) is 14.3 Å². The van der Waals surface area contributed by atoms with Gasteiger partial charge in [0.25, 0.3) is 5.91 Å². The van der Waals surface area contributed by atoms with Crippen molar-refractivity contribution in [3.05, 3.63) is 64.0 Å². The molecule has 0 radical (unpaired) electrons. The Labute approximate surface area is 243 Å². The van der Waals surface area contributed by atoms with Gasteiger partial charge in [-0.2, -0.15) is 9.97 Å². The predicted octanol–water partition coefficient (Wildman–Crippen LogP) is 2.33. The van der Waals surface area contributed by atoms with Crippen molar-refractivity contribution in [2.24, 2.45) is 5.92 Å². The summed E-state index contributed by atoms with van der Waals surface area (Å²) in [6.07, 6.45) is 7.77. The quantitative estimate of drug-likeness (QED) is 0.183. The highest BCUT2D eigenvalue weighted by Gasteiger charge is 2.20. The van der Waals surface area contributed by atoms with Gasteiger partial charge in [0.1, 0.15) is 17.0 Å². The summed E-state index contributed by atoms with van der Waals surface area (Å²) < 4.78 is 7.19. The number of piperidine rings is 1. The van der Waals surface area contributed by atoms with Gasteiger partial charge in [0.2, 0.25) is 0 Å². The summed E-state index contributed by atoms with van der Waals surface area (Å²) in [6.45, 7) is 6.44. The number of nitrogens with one attached hydrogen (secondary N) is 2. The molecule has 13 nitrogen and oxygen atoms in total. The zero-order valence-electron chi connectivity index (χ0n) is 23.9. The summed E-state index contributed by atoms with van der Waals surface area (Å²) in [4.78, 5) is 46.7. The standard InChI is InChI=1S/C29H38N10O3/c1-2-3-14-42-28-36-25(31)24-26(37-28)39(29(41)35-24)18-21-6-4-20(5-7-21)17-38-12-9-19(10-13-38)8-11-32-27(40)22-15-34-23(30)16-33-22/h4-7,15-16,19H,2-3,8-14,17-18H2,1H3,(H2,30,34)(H,32,40)(H,35,41)(H2,31,36,37). The van der Waals surface area contributed by atoms with Crippen molar-refractivity contribution in [1.29, 1.82) is 0 Å². The molecule has 1 aliphatic rings. The van der Waals surface area contributed by atoms with Crippen molar-refractivity contribution in [2.75, 3.05) is 37.7 Å². The number of nitrogens with zero attached hydrogens (tertiary/aromatic N) is 6. The first-order valence-electron chi connectivity index (χ1n) is 14.4. The number of aromatic nitrogens is 6. The summed E-state index contributed by atoms with van der Waals surface area (Å²) >= 11 is 0. The van der Waals surface area contributed by atoms with Gasteiger partial charge in [-0.05, 0) is 55.8 Å². The second kappa shape index (κ2) is 13.4.